The van der Waals surface area contributed by atoms with E-state index in [1.807, 2.05) is 6.92 Å². The molecule has 0 spiro atoms. The summed E-state index contributed by atoms with van der Waals surface area (Å²) < 4.78 is 0.759. The summed E-state index contributed by atoms with van der Waals surface area (Å²) in [7, 11) is 0. The van der Waals surface area contributed by atoms with E-state index in [-0.39, 0.29) is 5.91 Å². The van der Waals surface area contributed by atoms with Crippen molar-refractivity contribution in [2.75, 3.05) is 18.8 Å². The topological polar surface area (TPSA) is 46.3 Å². The van der Waals surface area contributed by atoms with Crippen LogP contribution < -0.4 is 5.73 Å². The first-order valence-electron chi connectivity index (χ1n) is 5.05. The molecule has 1 amide bonds. The van der Waals surface area contributed by atoms with Crippen molar-refractivity contribution in [2.24, 2.45) is 0 Å². The minimum atomic E-state index is -0.0402. The third-order valence-electron chi connectivity index (χ3n) is 2.24. The first kappa shape index (κ1) is 12.8. The molecule has 0 aliphatic heterocycles. The van der Waals surface area contributed by atoms with Crippen LogP contribution in [-0.2, 0) is 0 Å². The van der Waals surface area contributed by atoms with Crippen molar-refractivity contribution in [3.8, 4) is 0 Å². The highest BCUT2D eigenvalue weighted by atomic mass is 79.9. The lowest BCUT2D eigenvalue weighted by atomic mass is 10.1. The fourth-order valence-corrected chi connectivity index (χ4v) is 1.80. The lowest BCUT2D eigenvalue weighted by molar-refractivity contribution is 0.0781. The van der Waals surface area contributed by atoms with E-state index in [4.69, 9.17) is 5.73 Å². The number of rotatable bonds is 4. The van der Waals surface area contributed by atoms with Gasteiger partial charge < -0.3 is 10.6 Å². The van der Waals surface area contributed by atoms with Crippen LogP contribution in [0.15, 0.2) is 35.3 Å². The van der Waals surface area contributed by atoms with Gasteiger partial charge in [0.05, 0.1) is 5.56 Å². The minimum absolute atomic E-state index is 0.0402. The monoisotopic (exact) mass is 282 g/mol. The van der Waals surface area contributed by atoms with Gasteiger partial charge in [-0.1, -0.05) is 6.08 Å². The number of hydrogen-bond donors (Lipinski definition) is 1. The molecule has 0 heterocycles. The highest BCUT2D eigenvalue weighted by Crippen LogP contribution is 2.21. The molecule has 0 aromatic heterocycles. The lowest BCUT2D eigenvalue weighted by Gasteiger charge is -2.19. The second kappa shape index (κ2) is 5.70. The molecule has 0 bridgehead atoms. The van der Waals surface area contributed by atoms with E-state index in [1.165, 1.54) is 0 Å². The van der Waals surface area contributed by atoms with Crippen molar-refractivity contribution < 1.29 is 4.79 Å². The minimum Gasteiger partial charge on any atom is -0.399 e. The van der Waals surface area contributed by atoms with E-state index < -0.39 is 0 Å². The standard InChI is InChI=1S/C12H15BrN2O/c1-3-7-15(4-2)12(16)10-8-9(14)5-6-11(10)13/h3,5-6,8H,1,4,7,14H2,2H3. The zero-order valence-corrected chi connectivity index (χ0v) is 10.8. The molecule has 3 nitrogen and oxygen atoms in total. The summed E-state index contributed by atoms with van der Waals surface area (Å²) in [5, 5.41) is 0. The summed E-state index contributed by atoms with van der Waals surface area (Å²) in [6.07, 6.45) is 1.71. The van der Waals surface area contributed by atoms with Gasteiger partial charge >= 0.3 is 0 Å². The molecule has 0 saturated carbocycles. The van der Waals surface area contributed by atoms with Crippen LogP contribution in [0.2, 0.25) is 0 Å². The fourth-order valence-electron chi connectivity index (χ4n) is 1.39. The Morgan fingerprint density at radius 3 is 2.88 bits per heavy atom. The molecule has 0 radical (unpaired) electrons. The zero-order chi connectivity index (χ0) is 12.1. The molecule has 16 heavy (non-hydrogen) atoms. The second-order valence-corrected chi connectivity index (χ2v) is 4.23. The maximum absolute atomic E-state index is 12.1. The van der Waals surface area contributed by atoms with Crippen molar-refractivity contribution in [1.82, 2.24) is 4.90 Å². The van der Waals surface area contributed by atoms with Gasteiger partial charge in [-0.25, -0.2) is 0 Å². The summed E-state index contributed by atoms with van der Waals surface area (Å²) in [6, 6.07) is 5.22. The summed E-state index contributed by atoms with van der Waals surface area (Å²) in [5.74, 6) is -0.0402. The fraction of sp³-hybridized carbons (Fsp3) is 0.250. The number of carbonyl (C=O) groups is 1. The first-order valence-corrected chi connectivity index (χ1v) is 5.84. The molecule has 0 aliphatic carbocycles. The maximum atomic E-state index is 12.1. The predicted molar refractivity (Wildman–Crippen MR) is 70.3 cm³/mol. The normalized spacial score (nSPS) is 9.88. The molecular formula is C12H15BrN2O. The number of benzene rings is 1. The van der Waals surface area contributed by atoms with E-state index >= 15 is 0 Å². The van der Waals surface area contributed by atoms with Gasteiger partial charge in [-0.15, -0.1) is 6.58 Å². The van der Waals surface area contributed by atoms with Crippen LogP contribution >= 0.6 is 15.9 Å². The Morgan fingerprint density at radius 1 is 1.62 bits per heavy atom. The molecule has 1 aromatic rings. The first-order chi connectivity index (χ1) is 7.60. The van der Waals surface area contributed by atoms with Gasteiger partial charge in [0.2, 0.25) is 0 Å². The number of nitrogens with zero attached hydrogens (tertiary/aromatic N) is 1. The Hall–Kier alpha value is -1.29. The van der Waals surface area contributed by atoms with E-state index in [0.717, 1.165) is 4.47 Å². The Balaban J connectivity index is 3.02. The molecule has 0 atom stereocenters. The van der Waals surface area contributed by atoms with Crippen LogP contribution in [0.25, 0.3) is 0 Å². The van der Waals surface area contributed by atoms with Crippen LogP contribution in [0.1, 0.15) is 17.3 Å². The average Bonchev–Trinajstić information content (AvgIpc) is 2.28. The number of nitrogens with two attached hydrogens (primary N) is 1. The number of likely N-dealkylation sites (N-methyl/N-ethyl adjacent to an activating group) is 1. The third-order valence-corrected chi connectivity index (χ3v) is 2.93. The summed E-state index contributed by atoms with van der Waals surface area (Å²) in [5.41, 5.74) is 6.84. The van der Waals surface area contributed by atoms with Crippen LogP contribution in [0.3, 0.4) is 0 Å². The van der Waals surface area contributed by atoms with E-state index in [2.05, 4.69) is 22.5 Å². The number of nitrogen functional groups attached to an aromatic ring is 1. The molecule has 0 fully saturated rings. The Morgan fingerprint density at radius 2 is 2.31 bits per heavy atom. The summed E-state index contributed by atoms with van der Waals surface area (Å²) in [4.78, 5) is 13.8. The smallest absolute Gasteiger partial charge is 0.255 e. The molecule has 4 heteroatoms. The lowest BCUT2D eigenvalue weighted by Crippen LogP contribution is -2.31. The van der Waals surface area contributed by atoms with E-state index in [1.54, 1.807) is 29.2 Å². The van der Waals surface area contributed by atoms with Gasteiger partial charge in [-0.3, -0.25) is 4.79 Å². The van der Waals surface area contributed by atoms with Crippen LogP contribution in [0.5, 0.6) is 0 Å². The van der Waals surface area contributed by atoms with Crippen LogP contribution in [0.4, 0.5) is 5.69 Å². The average molecular weight is 283 g/mol. The van der Waals surface area contributed by atoms with Crippen LogP contribution in [-0.4, -0.2) is 23.9 Å². The van der Waals surface area contributed by atoms with Crippen molar-refractivity contribution in [1.29, 1.82) is 0 Å². The van der Waals surface area contributed by atoms with Gasteiger partial charge in [-0.05, 0) is 41.1 Å². The summed E-state index contributed by atoms with van der Waals surface area (Å²) >= 11 is 3.35. The number of anilines is 1. The maximum Gasteiger partial charge on any atom is 0.255 e. The van der Waals surface area contributed by atoms with Crippen LogP contribution in [0, 0.1) is 0 Å². The van der Waals surface area contributed by atoms with Crippen molar-refractivity contribution in [2.45, 2.75) is 6.92 Å². The summed E-state index contributed by atoms with van der Waals surface area (Å²) in [6.45, 7) is 6.75. The van der Waals surface area contributed by atoms with Crippen molar-refractivity contribution in [3.05, 3.63) is 40.9 Å². The van der Waals surface area contributed by atoms with E-state index in [0.29, 0.717) is 24.3 Å². The SMILES string of the molecule is C=CCN(CC)C(=O)c1cc(N)ccc1Br. The van der Waals surface area contributed by atoms with Gasteiger partial charge in [0.1, 0.15) is 0 Å². The third kappa shape index (κ3) is 2.85. The Kier molecular flexibility index (Phi) is 4.55. The number of halogens is 1. The van der Waals surface area contributed by atoms with Gasteiger partial charge in [-0.2, -0.15) is 0 Å². The van der Waals surface area contributed by atoms with E-state index in [9.17, 15) is 4.79 Å². The number of hydrogen-bond acceptors (Lipinski definition) is 2. The molecule has 0 aliphatic rings. The highest BCUT2D eigenvalue weighted by molar-refractivity contribution is 9.10. The van der Waals surface area contributed by atoms with Crippen molar-refractivity contribution in [3.63, 3.8) is 0 Å². The molecule has 1 rings (SSSR count). The molecule has 0 saturated heterocycles. The molecule has 2 N–H and O–H groups in total. The molecular weight excluding hydrogens is 268 g/mol. The Bertz CT molecular complexity index is 404. The molecule has 0 unspecified atom stereocenters. The highest BCUT2D eigenvalue weighted by Gasteiger charge is 2.15. The number of carbonyl (C=O) groups excluding carboxylic acids is 1. The van der Waals surface area contributed by atoms with Gasteiger partial charge in [0.15, 0.2) is 0 Å². The van der Waals surface area contributed by atoms with Crippen molar-refractivity contribution >= 4 is 27.5 Å². The van der Waals surface area contributed by atoms with Gasteiger partial charge in [0.25, 0.3) is 5.91 Å². The largest absolute Gasteiger partial charge is 0.399 e. The predicted octanol–water partition coefficient (Wildman–Crippen LogP) is 2.68. The molecule has 86 valence electrons. The quantitative estimate of drug-likeness (QED) is 0.682. The molecule has 1 aromatic carbocycles. The number of amides is 1. The van der Waals surface area contributed by atoms with Gasteiger partial charge in [0, 0.05) is 23.2 Å². The second-order valence-electron chi connectivity index (χ2n) is 3.37. The zero-order valence-electron chi connectivity index (χ0n) is 9.24. The Labute approximate surface area is 104 Å².